The molecule has 0 bridgehead atoms. The Morgan fingerprint density at radius 2 is 1.79 bits per heavy atom. The molecule has 0 atom stereocenters. The first-order chi connectivity index (χ1) is 6.46. The van der Waals surface area contributed by atoms with Crippen molar-refractivity contribution in [1.29, 1.82) is 0 Å². The normalized spacial score (nSPS) is 11.6. The van der Waals surface area contributed by atoms with Crippen molar-refractivity contribution in [2.45, 2.75) is 5.75 Å². The highest BCUT2D eigenvalue weighted by Crippen LogP contribution is 2.14. The Morgan fingerprint density at radius 1 is 1.29 bits per heavy atom. The Morgan fingerprint density at radius 3 is 2.21 bits per heavy atom. The SMILES string of the molecule is CNS(=O)(=O)Cc1c(F)cccc1F. The highest BCUT2D eigenvalue weighted by Gasteiger charge is 2.16. The van der Waals surface area contributed by atoms with Crippen LogP contribution in [0, 0.1) is 11.6 Å². The topological polar surface area (TPSA) is 46.2 Å². The Balaban J connectivity index is 3.09. The summed E-state index contributed by atoms with van der Waals surface area (Å²) in [5.41, 5.74) is -0.443. The lowest BCUT2D eigenvalue weighted by atomic mass is 10.2. The van der Waals surface area contributed by atoms with E-state index in [0.29, 0.717) is 0 Å². The summed E-state index contributed by atoms with van der Waals surface area (Å²) in [7, 11) is -2.46. The Hall–Kier alpha value is -1.01. The second-order valence-electron chi connectivity index (χ2n) is 2.66. The van der Waals surface area contributed by atoms with Crippen molar-refractivity contribution in [1.82, 2.24) is 4.72 Å². The van der Waals surface area contributed by atoms with Crippen LogP contribution in [0.15, 0.2) is 18.2 Å². The predicted molar refractivity (Wildman–Crippen MR) is 48.0 cm³/mol. The van der Waals surface area contributed by atoms with Gasteiger partial charge in [-0.05, 0) is 19.2 Å². The minimum absolute atomic E-state index is 0.443. The molecule has 6 heteroatoms. The third kappa shape index (κ3) is 2.49. The first-order valence-electron chi connectivity index (χ1n) is 3.80. The van der Waals surface area contributed by atoms with Crippen molar-refractivity contribution in [3.63, 3.8) is 0 Å². The van der Waals surface area contributed by atoms with E-state index < -0.39 is 33.0 Å². The van der Waals surface area contributed by atoms with Gasteiger partial charge in [0.05, 0.1) is 5.75 Å². The Kier molecular flexibility index (Phi) is 3.17. The molecule has 0 saturated carbocycles. The summed E-state index contributed by atoms with van der Waals surface area (Å²) >= 11 is 0. The van der Waals surface area contributed by atoms with Gasteiger partial charge in [-0.1, -0.05) is 6.07 Å². The first kappa shape index (κ1) is 11.1. The summed E-state index contributed by atoms with van der Waals surface area (Å²) in [6.07, 6.45) is 0. The van der Waals surface area contributed by atoms with Gasteiger partial charge in [-0.2, -0.15) is 0 Å². The number of hydrogen-bond donors (Lipinski definition) is 1. The van der Waals surface area contributed by atoms with Gasteiger partial charge >= 0.3 is 0 Å². The van der Waals surface area contributed by atoms with Crippen molar-refractivity contribution >= 4 is 10.0 Å². The third-order valence-electron chi connectivity index (χ3n) is 1.71. The fraction of sp³-hybridized carbons (Fsp3) is 0.250. The molecular formula is C8H9F2NO2S. The number of sulfonamides is 1. The predicted octanol–water partition coefficient (Wildman–Crippen LogP) is 1.01. The fourth-order valence-corrected chi connectivity index (χ4v) is 1.73. The lowest BCUT2D eigenvalue weighted by molar-refractivity contribution is 0.553. The zero-order valence-electron chi connectivity index (χ0n) is 7.42. The molecule has 0 saturated heterocycles. The van der Waals surface area contributed by atoms with E-state index in [1.807, 2.05) is 4.72 Å². The summed E-state index contributed by atoms with van der Waals surface area (Å²) in [4.78, 5) is 0. The minimum Gasteiger partial charge on any atom is -0.218 e. The van der Waals surface area contributed by atoms with Crippen LogP contribution in [0.25, 0.3) is 0 Å². The molecule has 3 nitrogen and oxygen atoms in total. The summed E-state index contributed by atoms with van der Waals surface area (Å²) in [6, 6.07) is 3.22. The summed E-state index contributed by atoms with van der Waals surface area (Å²) in [5.74, 6) is -2.41. The zero-order valence-corrected chi connectivity index (χ0v) is 8.24. The molecule has 14 heavy (non-hydrogen) atoms. The lowest BCUT2D eigenvalue weighted by Crippen LogP contribution is -2.21. The fourth-order valence-electron chi connectivity index (χ4n) is 0.932. The van der Waals surface area contributed by atoms with Gasteiger partial charge in [0.1, 0.15) is 11.6 Å². The van der Waals surface area contributed by atoms with Crippen molar-refractivity contribution in [3.8, 4) is 0 Å². The van der Waals surface area contributed by atoms with Gasteiger partial charge in [-0.15, -0.1) is 0 Å². The third-order valence-corrected chi connectivity index (χ3v) is 3.00. The molecule has 0 amide bonds. The number of rotatable bonds is 3. The van der Waals surface area contributed by atoms with Crippen LogP contribution in [0.4, 0.5) is 8.78 Å². The van der Waals surface area contributed by atoms with Gasteiger partial charge in [0.25, 0.3) is 0 Å². The van der Waals surface area contributed by atoms with Crippen LogP contribution in [-0.4, -0.2) is 15.5 Å². The van der Waals surface area contributed by atoms with Gasteiger partial charge in [0.2, 0.25) is 10.0 Å². The molecule has 0 aliphatic rings. The number of benzene rings is 1. The van der Waals surface area contributed by atoms with E-state index in [4.69, 9.17) is 0 Å². The zero-order chi connectivity index (χ0) is 10.8. The monoisotopic (exact) mass is 221 g/mol. The van der Waals surface area contributed by atoms with E-state index in [0.717, 1.165) is 12.1 Å². The van der Waals surface area contributed by atoms with Crippen LogP contribution in [0.1, 0.15) is 5.56 Å². The molecule has 0 aliphatic heterocycles. The molecule has 1 rings (SSSR count). The van der Waals surface area contributed by atoms with Crippen LogP contribution < -0.4 is 4.72 Å². The lowest BCUT2D eigenvalue weighted by Gasteiger charge is -2.04. The van der Waals surface area contributed by atoms with Gasteiger partial charge in [0.15, 0.2) is 0 Å². The van der Waals surface area contributed by atoms with E-state index in [2.05, 4.69) is 0 Å². The maximum absolute atomic E-state index is 13.0. The molecular weight excluding hydrogens is 212 g/mol. The van der Waals surface area contributed by atoms with Crippen molar-refractivity contribution in [2.24, 2.45) is 0 Å². The molecule has 0 aliphatic carbocycles. The summed E-state index contributed by atoms with van der Waals surface area (Å²) in [6.45, 7) is 0. The minimum atomic E-state index is -3.65. The molecule has 1 aromatic rings. The van der Waals surface area contributed by atoms with Gasteiger partial charge in [0, 0.05) is 5.56 Å². The van der Waals surface area contributed by atoms with Crippen LogP contribution in [-0.2, 0) is 15.8 Å². The number of halogens is 2. The summed E-state index contributed by atoms with van der Waals surface area (Å²) in [5, 5.41) is 0. The average molecular weight is 221 g/mol. The van der Waals surface area contributed by atoms with Crippen molar-refractivity contribution in [3.05, 3.63) is 35.4 Å². The maximum Gasteiger partial charge on any atom is 0.215 e. The van der Waals surface area contributed by atoms with Gasteiger partial charge < -0.3 is 0 Å². The van der Waals surface area contributed by atoms with Crippen molar-refractivity contribution < 1.29 is 17.2 Å². The Bertz CT molecular complexity index is 411. The second kappa shape index (κ2) is 4.02. The van der Waals surface area contributed by atoms with E-state index in [1.165, 1.54) is 13.1 Å². The van der Waals surface area contributed by atoms with E-state index in [9.17, 15) is 17.2 Å². The van der Waals surface area contributed by atoms with Gasteiger partial charge in [-0.25, -0.2) is 21.9 Å². The smallest absolute Gasteiger partial charge is 0.215 e. The Labute approximate surface area is 80.8 Å². The maximum atomic E-state index is 13.0. The average Bonchev–Trinajstić information content (AvgIpc) is 2.12. The highest BCUT2D eigenvalue weighted by molar-refractivity contribution is 7.88. The van der Waals surface area contributed by atoms with E-state index in [-0.39, 0.29) is 0 Å². The molecule has 0 unspecified atom stereocenters. The molecule has 0 radical (unpaired) electrons. The van der Waals surface area contributed by atoms with E-state index in [1.54, 1.807) is 0 Å². The molecule has 1 aromatic carbocycles. The molecule has 78 valence electrons. The second-order valence-corrected chi connectivity index (χ2v) is 4.59. The highest BCUT2D eigenvalue weighted by atomic mass is 32.2. The first-order valence-corrected chi connectivity index (χ1v) is 5.45. The quantitative estimate of drug-likeness (QED) is 0.828. The number of nitrogens with one attached hydrogen (secondary N) is 1. The molecule has 1 N–H and O–H groups in total. The molecule has 0 heterocycles. The van der Waals surface area contributed by atoms with E-state index >= 15 is 0 Å². The van der Waals surface area contributed by atoms with Gasteiger partial charge in [-0.3, -0.25) is 0 Å². The standard InChI is InChI=1S/C8H9F2NO2S/c1-11-14(12,13)5-6-7(9)3-2-4-8(6)10/h2-4,11H,5H2,1H3. The van der Waals surface area contributed by atoms with Crippen molar-refractivity contribution in [2.75, 3.05) is 7.05 Å². The molecule has 0 spiro atoms. The number of hydrogen-bond acceptors (Lipinski definition) is 2. The molecule has 0 fully saturated rings. The van der Waals surface area contributed by atoms with Crippen LogP contribution in [0.2, 0.25) is 0 Å². The molecule has 0 aromatic heterocycles. The van der Waals surface area contributed by atoms with Crippen LogP contribution in [0.5, 0.6) is 0 Å². The summed E-state index contributed by atoms with van der Waals surface area (Å²) < 4.78 is 50.0. The van der Waals surface area contributed by atoms with Crippen LogP contribution >= 0.6 is 0 Å². The van der Waals surface area contributed by atoms with Crippen LogP contribution in [0.3, 0.4) is 0 Å². The largest absolute Gasteiger partial charge is 0.218 e.